The molecule has 0 fully saturated rings. The van der Waals surface area contributed by atoms with E-state index in [2.05, 4.69) is 10.1 Å². The van der Waals surface area contributed by atoms with E-state index in [1.807, 2.05) is 6.92 Å². The molecule has 0 saturated carbocycles. The Kier molecular flexibility index (Phi) is 9.24. The van der Waals surface area contributed by atoms with Gasteiger partial charge in [0.2, 0.25) is 0 Å². The van der Waals surface area contributed by atoms with Crippen LogP contribution in [0.15, 0.2) is 0 Å². The zero-order valence-electron chi connectivity index (χ0n) is 13.6. The normalized spacial score (nSPS) is 14.1. The van der Waals surface area contributed by atoms with Crippen molar-refractivity contribution in [1.29, 1.82) is 0 Å². The maximum Gasteiger partial charge on any atom is 0.408 e. The number of hydrogen-bond donors (Lipinski definition) is 1. The van der Waals surface area contributed by atoms with Gasteiger partial charge < -0.3 is 14.8 Å². The first-order chi connectivity index (χ1) is 9.69. The van der Waals surface area contributed by atoms with E-state index in [0.717, 1.165) is 12.8 Å². The number of methoxy groups -OCH3 is 1. The highest BCUT2D eigenvalue weighted by atomic mass is 32.2. The molecule has 1 amide bonds. The van der Waals surface area contributed by atoms with Crippen LogP contribution in [-0.2, 0) is 25.1 Å². The van der Waals surface area contributed by atoms with E-state index in [0.29, 0.717) is 11.5 Å². The molecule has 0 rings (SSSR count). The Hall–Kier alpha value is -1.11. The van der Waals surface area contributed by atoms with E-state index < -0.39 is 34.5 Å². The van der Waals surface area contributed by atoms with E-state index in [4.69, 9.17) is 4.74 Å². The fourth-order valence-corrected chi connectivity index (χ4v) is 2.81. The molecule has 6 nitrogen and oxygen atoms in total. The van der Waals surface area contributed by atoms with Crippen molar-refractivity contribution < 1.29 is 23.3 Å². The van der Waals surface area contributed by atoms with E-state index in [1.54, 1.807) is 20.8 Å². The van der Waals surface area contributed by atoms with Gasteiger partial charge in [0.25, 0.3) is 0 Å². The summed E-state index contributed by atoms with van der Waals surface area (Å²) in [4.78, 5) is 23.3. The molecule has 2 atom stereocenters. The molecule has 0 heterocycles. The highest BCUT2D eigenvalue weighted by Crippen LogP contribution is 2.08. The largest absolute Gasteiger partial charge is 0.467 e. The molecule has 0 saturated heterocycles. The first-order valence-electron chi connectivity index (χ1n) is 7.12. The fraction of sp³-hybridized carbons (Fsp3) is 0.857. The molecule has 0 aromatic heterocycles. The third kappa shape index (κ3) is 10.3. The number of amides is 1. The molecule has 21 heavy (non-hydrogen) atoms. The lowest BCUT2D eigenvalue weighted by Crippen LogP contribution is -2.44. The van der Waals surface area contributed by atoms with Gasteiger partial charge in [0.05, 0.1) is 7.11 Å². The Morgan fingerprint density at radius 2 is 1.86 bits per heavy atom. The van der Waals surface area contributed by atoms with Crippen molar-refractivity contribution >= 4 is 22.9 Å². The van der Waals surface area contributed by atoms with Crippen molar-refractivity contribution in [1.82, 2.24) is 5.32 Å². The van der Waals surface area contributed by atoms with Crippen LogP contribution in [0.5, 0.6) is 0 Å². The van der Waals surface area contributed by atoms with Crippen molar-refractivity contribution in [3.05, 3.63) is 0 Å². The zero-order valence-corrected chi connectivity index (χ0v) is 14.4. The summed E-state index contributed by atoms with van der Waals surface area (Å²) in [5.74, 6) is 0.389. The molecule has 0 radical (unpaired) electrons. The molecule has 0 aromatic rings. The van der Waals surface area contributed by atoms with Crippen LogP contribution < -0.4 is 5.32 Å². The van der Waals surface area contributed by atoms with Crippen LogP contribution in [0, 0.1) is 0 Å². The molecule has 0 aliphatic heterocycles. The average Bonchev–Trinajstić information content (AvgIpc) is 2.37. The molecular weight excluding hydrogens is 294 g/mol. The second-order valence-corrected chi connectivity index (χ2v) is 7.41. The summed E-state index contributed by atoms with van der Waals surface area (Å²) in [6, 6.07) is -0.838. The van der Waals surface area contributed by atoms with Gasteiger partial charge in [-0.1, -0.05) is 13.3 Å². The Bertz CT molecular complexity index is 365. The van der Waals surface area contributed by atoms with Crippen molar-refractivity contribution in [2.24, 2.45) is 0 Å². The number of rotatable bonds is 8. The number of ether oxygens (including phenoxy) is 2. The molecule has 2 unspecified atom stereocenters. The Labute approximate surface area is 129 Å². The third-order valence-corrected chi connectivity index (χ3v) is 3.97. The van der Waals surface area contributed by atoms with Crippen molar-refractivity contribution in [3.63, 3.8) is 0 Å². The van der Waals surface area contributed by atoms with Gasteiger partial charge in [-0.3, -0.25) is 4.21 Å². The lowest BCUT2D eigenvalue weighted by atomic mass is 10.2. The quantitative estimate of drug-likeness (QED) is 0.691. The molecule has 0 aliphatic carbocycles. The summed E-state index contributed by atoms with van der Waals surface area (Å²) in [5, 5.41) is 2.47. The lowest BCUT2D eigenvalue weighted by molar-refractivity contribution is -0.143. The Morgan fingerprint density at radius 3 is 2.33 bits per heavy atom. The number of nitrogens with one attached hydrogen (secondary N) is 1. The van der Waals surface area contributed by atoms with Gasteiger partial charge in [-0.25, -0.2) is 9.59 Å². The summed E-state index contributed by atoms with van der Waals surface area (Å²) in [6.07, 6.45) is 1.44. The SMILES string of the molecule is CCCCS(=O)CCC(NC(=O)OC(C)(C)C)C(=O)OC. The van der Waals surface area contributed by atoms with Gasteiger partial charge in [0.1, 0.15) is 11.6 Å². The third-order valence-electron chi connectivity index (χ3n) is 2.54. The minimum Gasteiger partial charge on any atom is -0.467 e. The number of hydrogen-bond acceptors (Lipinski definition) is 5. The van der Waals surface area contributed by atoms with Gasteiger partial charge in [-0.05, 0) is 33.6 Å². The molecular formula is C14H27NO5S. The first kappa shape index (κ1) is 19.9. The van der Waals surface area contributed by atoms with Crippen molar-refractivity contribution in [2.45, 2.75) is 58.6 Å². The second kappa shape index (κ2) is 9.76. The number of unbranched alkanes of at least 4 members (excludes halogenated alkanes) is 1. The summed E-state index contributed by atoms with van der Waals surface area (Å²) in [7, 11) is 0.257. The van der Waals surface area contributed by atoms with Gasteiger partial charge >= 0.3 is 12.1 Å². The van der Waals surface area contributed by atoms with Crippen LogP contribution >= 0.6 is 0 Å². The predicted octanol–water partition coefficient (Wildman–Crippen LogP) is 1.99. The van der Waals surface area contributed by atoms with Gasteiger partial charge in [-0.2, -0.15) is 0 Å². The molecule has 0 aliphatic rings. The lowest BCUT2D eigenvalue weighted by Gasteiger charge is -2.22. The van der Waals surface area contributed by atoms with Crippen molar-refractivity contribution in [2.75, 3.05) is 18.6 Å². The molecule has 124 valence electrons. The number of carbonyl (C=O) groups is 2. The number of alkyl carbamates (subject to hydrolysis) is 1. The predicted molar refractivity (Wildman–Crippen MR) is 82.6 cm³/mol. The summed E-state index contributed by atoms with van der Waals surface area (Å²) in [5.41, 5.74) is -0.644. The van der Waals surface area contributed by atoms with E-state index in [-0.39, 0.29) is 6.42 Å². The van der Waals surface area contributed by atoms with Crippen LogP contribution in [0.2, 0.25) is 0 Å². The van der Waals surface area contributed by atoms with E-state index in [9.17, 15) is 13.8 Å². The number of esters is 1. The topological polar surface area (TPSA) is 81.7 Å². The molecule has 0 bridgehead atoms. The standard InChI is InChI=1S/C14H27NO5S/c1-6-7-9-21(18)10-8-11(12(16)19-5)15-13(17)20-14(2,3)4/h11H,6-10H2,1-5H3,(H,15,17). The average molecular weight is 321 g/mol. The van der Waals surface area contributed by atoms with Gasteiger partial charge in [-0.15, -0.1) is 0 Å². The van der Waals surface area contributed by atoms with Crippen LogP contribution in [-0.4, -0.2) is 46.5 Å². The maximum atomic E-state index is 11.7. The zero-order chi connectivity index (χ0) is 16.5. The van der Waals surface area contributed by atoms with E-state index in [1.165, 1.54) is 7.11 Å². The minimum atomic E-state index is -0.993. The molecule has 0 aromatic carbocycles. The summed E-state index contributed by atoms with van der Waals surface area (Å²) in [6.45, 7) is 7.23. The minimum absolute atomic E-state index is 0.266. The Morgan fingerprint density at radius 1 is 1.24 bits per heavy atom. The van der Waals surface area contributed by atoms with Crippen LogP contribution in [0.1, 0.15) is 47.0 Å². The second-order valence-electron chi connectivity index (χ2n) is 5.71. The smallest absolute Gasteiger partial charge is 0.408 e. The summed E-state index contributed by atoms with van der Waals surface area (Å²) < 4.78 is 21.5. The van der Waals surface area contributed by atoms with Crippen LogP contribution in [0.3, 0.4) is 0 Å². The number of carbonyl (C=O) groups excluding carboxylic acids is 2. The molecule has 0 spiro atoms. The fourth-order valence-electron chi connectivity index (χ4n) is 1.50. The molecule has 1 N–H and O–H groups in total. The van der Waals surface area contributed by atoms with Gasteiger partial charge in [0.15, 0.2) is 0 Å². The van der Waals surface area contributed by atoms with Gasteiger partial charge in [0, 0.05) is 22.3 Å². The van der Waals surface area contributed by atoms with Crippen molar-refractivity contribution in [3.8, 4) is 0 Å². The first-order valence-corrected chi connectivity index (χ1v) is 8.60. The monoisotopic (exact) mass is 321 g/mol. The van der Waals surface area contributed by atoms with Crippen LogP contribution in [0.4, 0.5) is 4.79 Å². The van der Waals surface area contributed by atoms with Crippen LogP contribution in [0.25, 0.3) is 0 Å². The molecule has 7 heteroatoms. The highest BCUT2D eigenvalue weighted by molar-refractivity contribution is 7.84. The maximum absolute atomic E-state index is 11.7. The highest BCUT2D eigenvalue weighted by Gasteiger charge is 2.25. The summed E-state index contributed by atoms with van der Waals surface area (Å²) >= 11 is 0. The Balaban J connectivity index is 4.43. The van der Waals surface area contributed by atoms with E-state index >= 15 is 0 Å².